The van der Waals surface area contributed by atoms with Gasteiger partial charge in [-0.1, -0.05) is 0 Å². The molecule has 0 saturated carbocycles. The Balaban J connectivity index is 2.01. The van der Waals surface area contributed by atoms with Gasteiger partial charge in [-0.15, -0.1) is 0 Å². The first kappa shape index (κ1) is 23.0. The van der Waals surface area contributed by atoms with Crippen molar-refractivity contribution in [1.82, 2.24) is 5.32 Å². The zero-order valence-corrected chi connectivity index (χ0v) is 17.4. The van der Waals surface area contributed by atoms with Crippen LogP contribution < -0.4 is 9.84 Å². The number of amides is 1. The van der Waals surface area contributed by atoms with Crippen LogP contribution in [0.1, 0.15) is 27.2 Å². The molecule has 162 valence electrons. The molecular formula is C17H25N2O9P. The summed E-state index contributed by atoms with van der Waals surface area (Å²) < 4.78 is 21.1. The Bertz CT molecular complexity index is 756. The topological polar surface area (TPSA) is 146 Å². The van der Waals surface area contributed by atoms with E-state index in [9.17, 15) is 24.6 Å². The minimum absolute atomic E-state index is 0.00419. The van der Waals surface area contributed by atoms with Crippen molar-refractivity contribution >= 4 is 25.7 Å². The molecular weight excluding hydrogens is 407 g/mol. The van der Waals surface area contributed by atoms with E-state index < -0.39 is 36.5 Å². The number of nitro groups is 1. The number of carbonyl (C=O) groups excluding carboxylic acids is 2. The molecule has 1 atom stereocenters. The number of nitrogens with one attached hydrogen (secondary N) is 1. The van der Waals surface area contributed by atoms with Crippen molar-refractivity contribution < 1.29 is 37.7 Å². The van der Waals surface area contributed by atoms with Crippen LogP contribution in [-0.4, -0.2) is 47.6 Å². The average molecular weight is 432 g/mol. The molecule has 0 unspecified atom stereocenters. The van der Waals surface area contributed by atoms with Crippen LogP contribution in [0.4, 0.5) is 5.69 Å². The van der Waals surface area contributed by atoms with E-state index in [4.69, 9.17) is 18.3 Å². The molecule has 0 bridgehead atoms. The van der Waals surface area contributed by atoms with E-state index >= 15 is 0 Å². The van der Waals surface area contributed by atoms with Crippen LogP contribution in [0.2, 0.25) is 0 Å². The Morgan fingerprint density at radius 2 is 2.03 bits per heavy atom. The van der Waals surface area contributed by atoms with Gasteiger partial charge >= 0.3 is 167 Å². The second-order valence-electron chi connectivity index (χ2n) is 7.00. The summed E-state index contributed by atoms with van der Waals surface area (Å²) in [5.74, 6) is -0.862. The number of hydrogen-bond acceptors (Lipinski definition) is 9. The van der Waals surface area contributed by atoms with E-state index in [1.807, 2.05) is 0 Å². The van der Waals surface area contributed by atoms with Crippen LogP contribution in [0.25, 0.3) is 0 Å². The number of nitro benzene ring substituents is 1. The third-order valence-corrected chi connectivity index (χ3v) is 5.61. The number of hydrogen-bond donors (Lipinski definition) is 2. The number of nitrogens with zero attached hydrogens (tertiary/aromatic N) is 1. The Morgan fingerprint density at radius 3 is 2.62 bits per heavy atom. The van der Waals surface area contributed by atoms with Crippen LogP contribution >= 0.6 is 8.17 Å². The summed E-state index contributed by atoms with van der Waals surface area (Å²) in [4.78, 5) is 44.7. The van der Waals surface area contributed by atoms with Gasteiger partial charge in [-0.2, -0.15) is 0 Å². The first-order chi connectivity index (χ1) is 13.6. The second kappa shape index (κ2) is 9.45. The molecule has 1 aromatic rings. The number of non-ortho nitro benzene ring substituents is 1. The third-order valence-electron chi connectivity index (χ3n) is 4.07. The monoisotopic (exact) mass is 432 g/mol. The summed E-state index contributed by atoms with van der Waals surface area (Å²) in [6.45, 7) is 5.42. The van der Waals surface area contributed by atoms with Gasteiger partial charge < -0.3 is 0 Å². The van der Waals surface area contributed by atoms with Gasteiger partial charge in [-0.25, -0.2) is 0 Å². The maximum atomic E-state index is 12.5. The van der Waals surface area contributed by atoms with E-state index in [1.54, 1.807) is 20.8 Å². The Labute approximate surface area is 168 Å². The summed E-state index contributed by atoms with van der Waals surface area (Å²) in [7, 11) is -4.23. The second-order valence-corrected chi connectivity index (χ2v) is 8.77. The maximum absolute atomic E-state index is 12.5. The van der Waals surface area contributed by atoms with Crippen molar-refractivity contribution in [1.29, 1.82) is 0 Å². The molecule has 29 heavy (non-hydrogen) atoms. The summed E-state index contributed by atoms with van der Waals surface area (Å²) in [5.41, 5.74) is -0.914. The number of benzene rings is 1. The molecule has 12 heteroatoms. The fourth-order valence-corrected chi connectivity index (χ4v) is 4.44. The summed E-state index contributed by atoms with van der Waals surface area (Å²) in [5, 5.41) is 13.3. The Kier molecular flexibility index (Phi) is 7.48. The van der Waals surface area contributed by atoms with Gasteiger partial charge in [0.2, 0.25) is 0 Å². The fourth-order valence-electron chi connectivity index (χ4n) is 2.56. The molecule has 1 aromatic carbocycles. The normalized spacial score (nSPS) is 20.9. The van der Waals surface area contributed by atoms with Gasteiger partial charge in [0.05, 0.1) is 0 Å². The molecule has 0 aromatic heterocycles. The quantitative estimate of drug-likeness (QED) is 0.272. The zero-order valence-electron chi connectivity index (χ0n) is 16.4. The van der Waals surface area contributed by atoms with Crippen molar-refractivity contribution in [3.63, 3.8) is 0 Å². The molecule has 1 heterocycles. The molecule has 0 radical (unpaired) electrons. The summed E-state index contributed by atoms with van der Waals surface area (Å²) in [6.07, 6.45) is -1.09. The van der Waals surface area contributed by atoms with E-state index in [2.05, 4.69) is 5.32 Å². The van der Waals surface area contributed by atoms with Gasteiger partial charge in [0.15, 0.2) is 0 Å². The van der Waals surface area contributed by atoms with Gasteiger partial charge in [0.1, 0.15) is 0 Å². The molecule has 2 rings (SSSR count). The fraction of sp³-hybridized carbons (Fsp3) is 0.529. The van der Waals surface area contributed by atoms with Crippen molar-refractivity contribution in [2.75, 3.05) is 19.8 Å². The number of esters is 1. The van der Waals surface area contributed by atoms with Crippen LogP contribution in [0.3, 0.4) is 0 Å². The Morgan fingerprint density at radius 1 is 1.38 bits per heavy atom. The van der Waals surface area contributed by atoms with E-state index in [-0.39, 0.29) is 37.6 Å². The molecule has 11 nitrogen and oxygen atoms in total. The van der Waals surface area contributed by atoms with Crippen molar-refractivity contribution in [2.45, 2.75) is 33.3 Å². The molecule has 1 amide bonds. The molecule has 2 N–H and O–H groups in total. The standard InChI is InChI=1S/C17H25N2O9P/c1-4-25-14(20)9-10-18-16(21)15-17(2,3)11-26-29(24,28-15)27-13-7-5-12(6-8-13)19(22)23/h5-8,15,24,29H,4,9-11H2,1-3H3,(H,18,21)/t15-/m0/s1. The summed E-state index contributed by atoms with van der Waals surface area (Å²) in [6, 6.07) is 5.01. The first-order valence-electron chi connectivity index (χ1n) is 8.97. The predicted molar refractivity (Wildman–Crippen MR) is 103 cm³/mol. The van der Waals surface area contributed by atoms with Crippen LogP contribution in [0.5, 0.6) is 5.75 Å². The predicted octanol–water partition coefficient (Wildman–Crippen LogP) is 1.89. The van der Waals surface area contributed by atoms with E-state index in [1.165, 1.54) is 24.3 Å². The number of ether oxygens (including phenoxy) is 1. The molecule has 0 spiro atoms. The van der Waals surface area contributed by atoms with Crippen LogP contribution in [-0.2, 0) is 23.4 Å². The van der Waals surface area contributed by atoms with Gasteiger partial charge in [0, 0.05) is 0 Å². The first-order valence-corrected chi connectivity index (χ1v) is 10.6. The average Bonchev–Trinajstić information content (AvgIpc) is 2.64. The zero-order chi connectivity index (χ0) is 21.7. The van der Waals surface area contributed by atoms with Crippen LogP contribution in [0.15, 0.2) is 24.3 Å². The molecule has 1 saturated heterocycles. The van der Waals surface area contributed by atoms with Gasteiger partial charge in [-0.05, 0) is 0 Å². The van der Waals surface area contributed by atoms with E-state index in [0.29, 0.717) is 0 Å². The van der Waals surface area contributed by atoms with Crippen molar-refractivity contribution in [2.24, 2.45) is 5.41 Å². The Hall–Kier alpha value is -2.33. The van der Waals surface area contributed by atoms with Crippen molar-refractivity contribution in [3.05, 3.63) is 34.4 Å². The molecule has 1 fully saturated rings. The molecule has 0 aliphatic carbocycles. The molecule has 1 aliphatic rings. The number of carbonyl (C=O) groups is 2. The van der Waals surface area contributed by atoms with Crippen LogP contribution in [0, 0.1) is 15.5 Å². The summed E-state index contributed by atoms with van der Waals surface area (Å²) >= 11 is 0. The van der Waals surface area contributed by atoms with Gasteiger partial charge in [-0.3, -0.25) is 0 Å². The third kappa shape index (κ3) is 6.33. The minimum atomic E-state index is -4.23. The van der Waals surface area contributed by atoms with Crippen molar-refractivity contribution in [3.8, 4) is 5.75 Å². The number of rotatable bonds is 8. The molecule has 1 aliphatic heterocycles. The SMILES string of the molecule is CCOC(=O)CCNC(=O)[C@@H]1O[PH](O)(Oc2ccc([N+](=O)[O-])cc2)OCC1(C)C. The van der Waals surface area contributed by atoms with E-state index in [0.717, 1.165) is 0 Å². The van der Waals surface area contributed by atoms with Gasteiger partial charge in [0.25, 0.3) is 0 Å².